The van der Waals surface area contributed by atoms with Gasteiger partial charge in [-0.3, -0.25) is 9.63 Å². The third-order valence-corrected chi connectivity index (χ3v) is 6.00. The van der Waals surface area contributed by atoms with E-state index in [2.05, 4.69) is 5.32 Å². The zero-order valence-electron chi connectivity index (χ0n) is 18.9. The average Bonchev–Trinajstić information content (AvgIpc) is 3.12. The second-order valence-corrected chi connectivity index (χ2v) is 9.82. The molecule has 1 aliphatic carbocycles. The average molecular weight is 433 g/mol. The highest BCUT2D eigenvalue weighted by atomic mass is 16.7. The van der Waals surface area contributed by atoms with Gasteiger partial charge in [0.05, 0.1) is 6.04 Å². The summed E-state index contributed by atoms with van der Waals surface area (Å²) in [6.45, 7) is 6.24. The number of amides is 1. The van der Waals surface area contributed by atoms with Crippen LogP contribution in [0.4, 0.5) is 4.79 Å². The molecule has 0 spiro atoms. The van der Waals surface area contributed by atoms with Gasteiger partial charge in [-0.25, -0.2) is 4.79 Å². The number of carboxylic acid groups (broad SMARTS) is 1. The molecule has 0 bridgehead atoms. The van der Waals surface area contributed by atoms with Gasteiger partial charge in [-0.15, -0.1) is 0 Å². The SMILES string of the molecule is CC(C)(C)OC(=O)NC(CC1CCCCC1)C1ON(Cc2ccccc2)CC1C(=O)O. The summed E-state index contributed by atoms with van der Waals surface area (Å²) in [5.74, 6) is -1.16. The van der Waals surface area contributed by atoms with E-state index in [1.165, 1.54) is 19.3 Å². The maximum absolute atomic E-state index is 12.6. The van der Waals surface area contributed by atoms with Crippen molar-refractivity contribution in [2.75, 3.05) is 6.54 Å². The number of nitrogens with zero attached hydrogens (tertiary/aromatic N) is 1. The van der Waals surface area contributed by atoms with Crippen LogP contribution < -0.4 is 5.32 Å². The second-order valence-electron chi connectivity index (χ2n) is 9.82. The molecule has 0 aromatic heterocycles. The number of aliphatic carboxylic acids is 1. The van der Waals surface area contributed by atoms with Gasteiger partial charge in [0.1, 0.15) is 17.6 Å². The Morgan fingerprint density at radius 3 is 2.48 bits per heavy atom. The summed E-state index contributed by atoms with van der Waals surface area (Å²) in [5, 5.41) is 14.6. The molecule has 1 aromatic rings. The van der Waals surface area contributed by atoms with E-state index < -0.39 is 35.7 Å². The van der Waals surface area contributed by atoms with Crippen LogP contribution in [0.15, 0.2) is 30.3 Å². The molecule has 2 fully saturated rings. The third kappa shape index (κ3) is 7.21. The molecule has 2 N–H and O–H groups in total. The third-order valence-electron chi connectivity index (χ3n) is 6.00. The highest BCUT2D eigenvalue weighted by Gasteiger charge is 2.45. The molecule has 1 saturated heterocycles. The molecule has 7 heteroatoms. The lowest BCUT2D eigenvalue weighted by molar-refractivity contribution is -0.166. The first kappa shape index (κ1) is 23.5. The number of hydrogen-bond acceptors (Lipinski definition) is 5. The van der Waals surface area contributed by atoms with E-state index in [0.29, 0.717) is 18.9 Å². The summed E-state index contributed by atoms with van der Waals surface area (Å²) >= 11 is 0. The van der Waals surface area contributed by atoms with Crippen molar-refractivity contribution in [3.63, 3.8) is 0 Å². The summed E-state index contributed by atoms with van der Waals surface area (Å²) < 4.78 is 5.47. The Balaban J connectivity index is 1.74. The monoisotopic (exact) mass is 432 g/mol. The van der Waals surface area contributed by atoms with Gasteiger partial charge < -0.3 is 15.2 Å². The number of alkyl carbamates (subject to hydrolysis) is 1. The fourth-order valence-corrected chi connectivity index (χ4v) is 4.59. The summed E-state index contributed by atoms with van der Waals surface area (Å²) in [7, 11) is 0. The predicted octanol–water partition coefficient (Wildman–Crippen LogP) is 4.37. The quantitative estimate of drug-likeness (QED) is 0.665. The van der Waals surface area contributed by atoms with Crippen molar-refractivity contribution in [2.24, 2.45) is 11.8 Å². The van der Waals surface area contributed by atoms with Crippen LogP contribution in [0.1, 0.15) is 64.9 Å². The molecule has 7 nitrogen and oxygen atoms in total. The maximum Gasteiger partial charge on any atom is 0.407 e. The largest absolute Gasteiger partial charge is 0.481 e. The number of rotatable bonds is 7. The van der Waals surface area contributed by atoms with Gasteiger partial charge in [0, 0.05) is 13.1 Å². The first-order chi connectivity index (χ1) is 14.7. The summed E-state index contributed by atoms with van der Waals surface area (Å²) in [5.41, 5.74) is 0.429. The minimum Gasteiger partial charge on any atom is -0.481 e. The minimum atomic E-state index is -0.903. The predicted molar refractivity (Wildman–Crippen MR) is 117 cm³/mol. The molecule has 3 atom stereocenters. The lowest BCUT2D eigenvalue weighted by atomic mass is 9.82. The Bertz CT molecular complexity index is 727. The Labute approximate surface area is 185 Å². The van der Waals surface area contributed by atoms with E-state index in [0.717, 1.165) is 18.4 Å². The van der Waals surface area contributed by atoms with Crippen LogP contribution >= 0.6 is 0 Å². The zero-order chi connectivity index (χ0) is 22.4. The Morgan fingerprint density at radius 2 is 1.87 bits per heavy atom. The van der Waals surface area contributed by atoms with Crippen molar-refractivity contribution in [1.29, 1.82) is 0 Å². The van der Waals surface area contributed by atoms with Crippen LogP contribution in [-0.4, -0.2) is 46.5 Å². The zero-order valence-corrected chi connectivity index (χ0v) is 18.9. The summed E-state index contributed by atoms with van der Waals surface area (Å²) in [6, 6.07) is 9.42. The fourth-order valence-electron chi connectivity index (χ4n) is 4.59. The lowest BCUT2D eigenvalue weighted by Gasteiger charge is -2.32. The first-order valence-electron chi connectivity index (χ1n) is 11.4. The second kappa shape index (κ2) is 10.5. The molecule has 1 saturated carbocycles. The number of nitrogens with one attached hydrogen (secondary N) is 1. The van der Waals surface area contributed by atoms with Crippen LogP contribution in [0.3, 0.4) is 0 Å². The van der Waals surface area contributed by atoms with Crippen LogP contribution in [-0.2, 0) is 20.9 Å². The molecule has 1 heterocycles. The van der Waals surface area contributed by atoms with Gasteiger partial charge in [0.2, 0.25) is 0 Å². The van der Waals surface area contributed by atoms with Gasteiger partial charge in [-0.05, 0) is 38.7 Å². The van der Waals surface area contributed by atoms with Gasteiger partial charge in [-0.1, -0.05) is 62.4 Å². The molecule has 3 unspecified atom stereocenters. The first-order valence-corrected chi connectivity index (χ1v) is 11.4. The molecule has 1 aliphatic heterocycles. The number of hydroxylamine groups is 2. The number of carbonyl (C=O) groups excluding carboxylic acids is 1. The van der Waals surface area contributed by atoms with Gasteiger partial charge in [0.15, 0.2) is 0 Å². The Kier molecular flexibility index (Phi) is 7.94. The molecular formula is C24H36N2O5. The van der Waals surface area contributed by atoms with Crippen molar-refractivity contribution in [3.05, 3.63) is 35.9 Å². The molecule has 2 aliphatic rings. The van der Waals surface area contributed by atoms with Crippen LogP contribution in [0.25, 0.3) is 0 Å². The van der Waals surface area contributed by atoms with Crippen LogP contribution in [0.5, 0.6) is 0 Å². The molecule has 3 rings (SSSR count). The molecule has 31 heavy (non-hydrogen) atoms. The fraction of sp³-hybridized carbons (Fsp3) is 0.667. The lowest BCUT2D eigenvalue weighted by Crippen LogP contribution is -2.50. The van der Waals surface area contributed by atoms with E-state index in [9.17, 15) is 14.7 Å². The Hall–Kier alpha value is -2.12. The number of ether oxygens (including phenoxy) is 1. The highest BCUT2D eigenvalue weighted by Crippen LogP contribution is 2.33. The van der Waals surface area contributed by atoms with Crippen molar-refractivity contribution in [3.8, 4) is 0 Å². The van der Waals surface area contributed by atoms with Crippen molar-refractivity contribution in [2.45, 2.75) is 83.6 Å². The smallest absolute Gasteiger partial charge is 0.407 e. The Morgan fingerprint density at radius 1 is 1.19 bits per heavy atom. The summed E-state index contributed by atoms with van der Waals surface area (Å²) in [6.07, 6.45) is 5.35. The van der Waals surface area contributed by atoms with E-state index >= 15 is 0 Å². The van der Waals surface area contributed by atoms with Crippen molar-refractivity contribution in [1.82, 2.24) is 10.4 Å². The van der Waals surface area contributed by atoms with Crippen molar-refractivity contribution >= 4 is 12.1 Å². The highest BCUT2D eigenvalue weighted by molar-refractivity contribution is 5.72. The van der Waals surface area contributed by atoms with Crippen LogP contribution in [0.2, 0.25) is 0 Å². The number of hydrogen-bond donors (Lipinski definition) is 2. The van der Waals surface area contributed by atoms with Crippen LogP contribution in [0, 0.1) is 11.8 Å². The normalized spacial score (nSPS) is 24.0. The molecule has 1 aromatic carbocycles. The summed E-state index contributed by atoms with van der Waals surface area (Å²) in [4.78, 5) is 30.8. The molecule has 172 valence electrons. The molecular weight excluding hydrogens is 396 g/mol. The number of carboxylic acids is 1. The molecule has 0 radical (unpaired) electrons. The topological polar surface area (TPSA) is 88.1 Å². The van der Waals surface area contributed by atoms with Crippen molar-refractivity contribution < 1.29 is 24.3 Å². The van der Waals surface area contributed by atoms with E-state index in [1.807, 2.05) is 51.1 Å². The maximum atomic E-state index is 12.6. The van der Waals surface area contributed by atoms with Gasteiger partial charge >= 0.3 is 12.1 Å². The minimum absolute atomic E-state index is 0.284. The molecule has 1 amide bonds. The van der Waals surface area contributed by atoms with E-state index in [-0.39, 0.29) is 6.54 Å². The van der Waals surface area contributed by atoms with Gasteiger partial charge in [0.25, 0.3) is 0 Å². The number of carbonyl (C=O) groups is 2. The van der Waals surface area contributed by atoms with E-state index in [1.54, 1.807) is 5.06 Å². The standard InChI is InChI=1S/C24H36N2O5/c1-24(2,3)30-23(29)25-20(14-17-10-6-4-7-11-17)21-19(22(27)28)16-26(31-21)15-18-12-8-5-9-13-18/h5,8-9,12-13,17,19-21H,4,6-7,10-11,14-16H2,1-3H3,(H,25,29)(H,27,28). The number of benzene rings is 1. The van der Waals surface area contributed by atoms with E-state index in [4.69, 9.17) is 9.57 Å². The van der Waals surface area contributed by atoms with Gasteiger partial charge in [-0.2, -0.15) is 5.06 Å².